The van der Waals surface area contributed by atoms with Crippen LogP contribution in [0.3, 0.4) is 0 Å². The van der Waals surface area contributed by atoms with Gasteiger partial charge in [-0.15, -0.1) is 0 Å². The Morgan fingerprint density at radius 1 is 1.19 bits per heavy atom. The quantitative estimate of drug-likeness (QED) is 0.221. The zero-order valence-electron chi connectivity index (χ0n) is 23.2. The molecule has 4 N–H and O–H groups in total. The number of carbonyl (C=O) groups excluding carboxylic acids is 1. The fraction of sp³-hybridized carbons (Fsp3) is 0.345. The van der Waals surface area contributed by atoms with Gasteiger partial charge in [0.1, 0.15) is 40.2 Å². The smallest absolute Gasteiger partial charge is 0.416 e. The number of imidazole rings is 1. The predicted molar refractivity (Wildman–Crippen MR) is 148 cm³/mol. The summed E-state index contributed by atoms with van der Waals surface area (Å²) >= 11 is 0. The van der Waals surface area contributed by atoms with Gasteiger partial charge >= 0.3 is 12.1 Å². The Morgan fingerprint density at radius 3 is 2.56 bits per heavy atom. The van der Waals surface area contributed by atoms with E-state index >= 15 is 4.39 Å². The fourth-order valence-corrected chi connectivity index (χ4v) is 5.35. The summed E-state index contributed by atoms with van der Waals surface area (Å²) < 4.78 is 62.7. The van der Waals surface area contributed by atoms with Crippen LogP contribution in [0.25, 0.3) is 16.8 Å². The molecule has 5 rings (SSSR count). The minimum absolute atomic E-state index is 0.0402. The van der Waals surface area contributed by atoms with Crippen LogP contribution < -0.4 is 15.8 Å². The first-order valence-electron chi connectivity index (χ1n) is 13.5. The van der Waals surface area contributed by atoms with Crippen molar-refractivity contribution in [3.05, 3.63) is 65.6 Å². The molecule has 226 valence electrons. The maximum absolute atomic E-state index is 15.9. The number of fused-ring (bicyclic) bond motifs is 1. The molecule has 0 unspecified atom stereocenters. The van der Waals surface area contributed by atoms with E-state index in [4.69, 9.17) is 15.5 Å². The number of halogens is 4. The minimum atomic E-state index is -4.64. The third kappa shape index (κ3) is 5.68. The second kappa shape index (κ2) is 11.2. The van der Waals surface area contributed by atoms with E-state index in [1.807, 2.05) is 0 Å². The van der Waals surface area contributed by atoms with E-state index in [1.165, 1.54) is 12.3 Å². The Hall–Kier alpha value is -4.75. The van der Waals surface area contributed by atoms with Gasteiger partial charge < -0.3 is 20.9 Å². The van der Waals surface area contributed by atoms with Gasteiger partial charge in [0.25, 0.3) is 5.91 Å². The molecule has 1 saturated carbocycles. The zero-order valence-corrected chi connectivity index (χ0v) is 23.2. The standard InChI is InChI=1S/C29H28F4N6O4/c1-3-43-19-13-16(26(40)37-20-14-17(6-9-35-20)29(31,32)33)12-18(30)21(19)22-23-24(34)36-10-11-39(23)25(38-22)15-4-7-28(2,8-5-15)27(41)42/h6,9-15H,3-5,7-8H2,1-2H3,(H2,34,36)(H,41,42)(H,35,37,40). The van der Waals surface area contributed by atoms with Crippen LogP contribution in [0.15, 0.2) is 42.9 Å². The van der Waals surface area contributed by atoms with Crippen molar-refractivity contribution >= 4 is 29.0 Å². The van der Waals surface area contributed by atoms with E-state index in [9.17, 15) is 27.9 Å². The molecule has 1 fully saturated rings. The first kappa shape index (κ1) is 29.7. The average Bonchev–Trinajstić information content (AvgIpc) is 3.33. The molecule has 14 heteroatoms. The van der Waals surface area contributed by atoms with Crippen LogP contribution in [0.4, 0.5) is 29.2 Å². The van der Waals surface area contributed by atoms with E-state index in [0.29, 0.717) is 43.1 Å². The second-order valence-corrected chi connectivity index (χ2v) is 10.6. The zero-order chi connectivity index (χ0) is 31.1. The van der Waals surface area contributed by atoms with Gasteiger partial charge in [0, 0.05) is 30.1 Å². The van der Waals surface area contributed by atoms with E-state index < -0.39 is 34.8 Å². The number of rotatable bonds is 7. The lowest BCUT2D eigenvalue weighted by Gasteiger charge is -2.33. The van der Waals surface area contributed by atoms with Crippen LogP contribution in [0.2, 0.25) is 0 Å². The number of ether oxygens (including phenoxy) is 1. The first-order valence-corrected chi connectivity index (χ1v) is 13.5. The molecular formula is C29H28F4N6O4. The van der Waals surface area contributed by atoms with Crippen molar-refractivity contribution in [3.8, 4) is 17.0 Å². The van der Waals surface area contributed by atoms with Gasteiger partial charge in [-0.25, -0.2) is 19.3 Å². The number of hydrogen-bond acceptors (Lipinski definition) is 7. The van der Waals surface area contributed by atoms with Gasteiger partial charge in [-0.3, -0.25) is 14.0 Å². The molecule has 1 aromatic carbocycles. The van der Waals surface area contributed by atoms with Crippen LogP contribution in [-0.4, -0.2) is 42.9 Å². The number of benzene rings is 1. The lowest BCUT2D eigenvalue weighted by atomic mass is 9.71. The number of anilines is 2. The molecule has 10 nitrogen and oxygen atoms in total. The van der Waals surface area contributed by atoms with Gasteiger partial charge in [-0.2, -0.15) is 13.2 Å². The summed E-state index contributed by atoms with van der Waals surface area (Å²) in [4.78, 5) is 37.4. The summed E-state index contributed by atoms with van der Waals surface area (Å²) in [5, 5.41) is 11.9. The molecule has 0 atom stereocenters. The number of carbonyl (C=O) groups is 2. The monoisotopic (exact) mass is 600 g/mol. The largest absolute Gasteiger partial charge is 0.493 e. The number of nitrogens with zero attached hydrogens (tertiary/aromatic N) is 4. The molecule has 1 aliphatic rings. The van der Waals surface area contributed by atoms with E-state index in [2.05, 4.69) is 15.3 Å². The third-order valence-corrected chi connectivity index (χ3v) is 7.76. The first-order chi connectivity index (χ1) is 20.3. The predicted octanol–water partition coefficient (Wildman–Crippen LogP) is 5.93. The molecule has 0 spiro atoms. The summed E-state index contributed by atoms with van der Waals surface area (Å²) in [7, 11) is 0. The number of nitrogens with two attached hydrogens (primary N) is 1. The number of amides is 1. The van der Waals surface area contributed by atoms with E-state index in [0.717, 1.165) is 18.3 Å². The number of pyridine rings is 1. The average molecular weight is 601 g/mol. The molecule has 0 saturated heterocycles. The summed E-state index contributed by atoms with van der Waals surface area (Å²) in [6.45, 7) is 3.47. The highest BCUT2D eigenvalue weighted by Gasteiger charge is 2.39. The highest BCUT2D eigenvalue weighted by molar-refractivity contribution is 6.05. The number of alkyl halides is 3. The van der Waals surface area contributed by atoms with Crippen molar-refractivity contribution in [3.63, 3.8) is 0 Å². The molecule has 1 aliphatic carbocycles. The van der Waals surface area contributed by atoms with Crippen LogP contribution in [0, 0.1) is 11.2 Å². The Kier molecular flexibility index (Phi) is 7.71. The lowest BCUT2D eigenvalue weighted by molar-refractivity contribution is -0.150. The molecular weight excluding hydrogens is 572 g/mol. The van der Waals surface area contributed by atoms with Crippen LogP contribution in [-0.2, 0) is 11.0 Å². The minimum Gasteiger partial charge on any atom is -0.493 e. The molecule has 1 amide bonds. The van der Waals surface area contributed by atoms with Crippen molar-refractivity contribution in [1.82, 2.24) is 19.4 Å². The fourth-order valence-electron chi connectivity index (χ4n) is 5.35. The number of hydrogen-bond donors (Lipinski definition) is 3. The molecule has 0 aliphatic heterocycles. The third-order valence-electron chi connectivity index (χ3n) is 7.76. The van der Waals surface area contributed by atoms with Gasteiger partial charge in [-0.05, 0) is 63.8 Å². The molecule has 43 heavy (non-hydrogen) atoms. The topological polar surface area (TPSA) is 145 Å². The molecule has 0 radical (unpaired) electrons. The van der Waals surface area contributed by atoms with Crippen molar-refractivity contribution in [2.24, 2.45) is 5.41 Å². The van der Waals surface area contributed by atoms with Crippen LogP contribution in [0.5, 0.6) is 5.75 Å². The van der Waals surface area contributed by atoms with Gasteiger partial charge in [0.05, 0.1) is 23.1 Å². The Labute approximate surface area is 242 Å². The number of carboxylic acids is 1. The SMILES string of the molecule is CCOc1cc(C(=O)Nc2cc(C(F)(F)F)ccn2)cc(F)c1-c1nc(C2CCC(C)(C(=O)O)CC2)n2ccnc(N)c12. The van der Waals surface area contributed by atoms with Crippen molar-refractivity contribution in [1.29, 1.82) is 0 Å². The summed E-state index contributed by atoms with van der Waals surface area (Å²) in [6.07, 6.45) is 1.32. The number of aromatic nitrogens is 4. The van der Waals surface area contributed by atoms with Gasteiger partial charge in [0.15, 0.2) is 0 Å². The molecule has 4 aromatic rings. The summed E-state index contributed by atoms with van der Waals surface area (Å²) in [5.41, 5.74) is 4.52. The Morgan fingerprint density at radius 2 is 1.91 bits per heavy atom. The number of carboxylic acid groups (broad SMARTS) is 1. The normalized spacial score (nSPS) is 18.9. The number of aliphatic carboxylic acids is 1. The maximum atomic E-state index is 15.9. The Bertz CT molecular complexity index is 1710. The summed E-state index contributed by atoms with van der Waals surface area (Å²) in [6, 6.07) is 3.63. The highest BCUT2D eigenvalue weighted by atomic mass is 19.4. The number of nitrogen functional groups attached to an aromatic ring is 1. The molecule has 3 aromatic heterocycles. The highest BCUT2D eigenvalue weighted by Crippen LogP contribution is 2.45. The van der Waals surface area contributed by atoms with E-state index in [-0.39, 0.29) is 46.7 Å². The van der Waals surface area contributed by atoms with Crippen LogP contribution in [0.1, 0.15) is 67.2 Å². The van der Waals surface area contributed by atoms with Gasteiger partial charge in [0.2, 0.25) is 0 Å². The van der Waals surface area contributed by atoms with Gasteiger partial charge in [-0.1, -0.05) is 0 Å². The lowest BCUT2D eigenvalue weighted by Crippen LogP contribution is -2.32. The number of nitrogens with one attached hydrogen (secondary N) is 1. The maximum Gasteiger partial charge on any atom is 0.416 e. The van der Waals surface area contributed by atoms with E-state index in [1.54, 1.807) is 24.4 Å². The molecule has 0 bridgehead atoms. The second-order valence-electron chi connectivity index (χ2n) is 10.6. The van der Waals surface area contributed by atoms with Crippen molar-refractivity contribution in [2.45, 2.75) is 51.6 Å². The van der Waals surface area contributed by atoms with Crippen molar-refractivity contribution in [2.75, 3.05) is 17.7 Å². The summed E-state index contributed by atoms with van der Waals surface area (Å²) in [5.74, 6) is -2.56. The van der Waals surface area contributed by atoms with Crippen molar-refractivity contribution < 1.29 is 37.0 Å². The van der Waals surface area contributed by atoms with Crippen LogP contribution >= 0.6 is 0 Å². The Balaban J connectivity index is 1.55. The molecule has 3 heterocycles.